The Morgan fingerprint density at radius 1 is 0.702 bits per heavy atom. The van der Waals surface area contributed by atoms with Crippen molar-refractivity contribution in [2.75, 3.05) is 0 Å². The van der Waals surface area contributed by atoms with Crippen molar-refractivity contribution in [1.82, 2.24) is 18.3 Å². The fourth-order valence-electron chi connectivity index (χ4n) is 9.74. The molecule has 5 aromatic carbocycles. The van der Waals surface area contributed by atoms with Gasteiger partial charge in [-0.2, -0.15) is 8.75 Å². The first kappa shape index (κ1) is 34.2. The number of para-hydroxylation sites is 2. The van der Waals surface area contributed by atoms with Crippen LogP contribution in [0.2, 0.25) is 0 Å². The predicted octanol–water partition coefficient (Wildman–Crippen LogP) is 13.4. The minimum Gasteiger partial charge on any atom is -0.293 e. The molecule has 0 amide bonds. The van der Waals surface area contributed by atoms with Gasteiger partial charge in [0.15, 0.2) is 0 Å². The van der Waals surface area contributed by atoms with Crippen LogP contribution in [0.4, 0.5) is 8.78 Å². The van der Waals surface area contributed by atoms with Gasteiger partial charge < -0.3 is 0 Å². The molecule has 0 aliphatic heterocycles. The Morgan fingerprint density at radius 2 is 1.46 bits per heavy atom. The molecular weight excluding hydrogens is 727 g/mol. The zero-order valence-corrected chi connectivity index (χ0v) is 32.1. The number of benzene rings is 5. The molecule has 11 rings (SSSR count). The summed E-state index contributed by atoms with van der Waals surface area (Å²) in [5.41, 5.74) is 15.7. The molecule has 0 bridgehead atoms. The highest BCUT2D eigenvalue weighted by Crippen LogP contribution is 2.51. The lowest BCUT2D eigenvalue weighted by Crippen LogP contribution is -2.12. The van der Waals surface area contributed by atoms with Gasteiger partial charge in [-0.3, -0.25) is 4.57 Å². The number of imidazole rings is 1. The van der Waals surface area contributed by atoms with Crippen LogP contribution in [0.15, 0.2) is 150 Å². The lowest BCUT2D eigenvalue weighted by molar-refractivity contribution is 0.412. The van der Waals surface area contributed by atoms with Gasteiger partial charge in [0.2, 0.25) is 0 Å². The van der Waals surface area contributed by atoms with Crippen LogP contribution < -0.4 is 0 Å². The normalized spacial score (nSPS) is 19.5. The molecule has 0 N–H and O–H groups in total. The van der Waals surface area contributed by atoms with Crippen LogP contribution in [-0.2, 0) is 0 Å². The number of halogens is 2. The molecule has 278 valence electrons. The quantitative estimate of drug-likeness (QED) is 0.169. The zero-order chi connectivity index (χ0) is 38.0. The van der Waals surface area contributed by atoms with E-state index in [2.05, 4.69) is 71.3 Å². The highest BCUT2D eigenvalue weighted by molar-refractivity contribution is 7.00. The summed E-state index contributed by atoms with van der Waals surface area (Å²) >= 11 is 1.25. The molecule has 0 spiro atoms. The van der Waals surface area contributed by atoms with E-state index in [1.165, 1.54) is 46.9 Å². The van der Waals surface area contributed by atoms with E-state index in [1.807, 2.05) is 54.6 Å². The maximum Gasteiger partial charge on any atom is 0.144 e. The molecular formula is C50H38F2N4S. The first-order valence-electron chi connectivity index (χ1n) is 20.0. The minimum atomic E-state index is -1.11. The van der Waals surface area contributed by atoms with Crippen LogP contribution in [0.5, 0.6) is 0 Å². The summed E-state index contributed by atoms with van der Waals surface area (Å²) in [5, 5.41) is 2.28. The zero-order valence-electron chi connectivity index (χ0n) is 31.3. The number of allylic oxidation sites excluding steroid dienone is 12. The molecule has 0 fully saturated rings. The van der Waals surface area contributed by atoms with Crippen molar-refractivity contribution in [2.24, 2.45) is 5.92 Å². The van der Waals surface area contributed by atoms with Crippen molar-refractivity contribution in [3.63, 3.8) is 0 Å². The maximum absolute atomic E-state index is 15.3. The number of alkyl halides is 1. The fraction of sp³-hybridized carbons (Fsp3) is 0.180. The number of hydrogen-bond donors (Lipinski definition) is 0. The number of nitrogens with zero attached hydrogens (tertiary/aromatic N) is 4. The highest BCUT2D eigenvalue weighted by atomic mass is 32.1. The van der Waals surface area contributed by atoms with Gasteiger partial charge in [-0.05, 0) is 102 Å². The van der Waals surface area contributed by atoms with Gasteiger partial charge in [-0.15, -0.1) is 0 Å². The van der Waals surface area contributed by atoms with Crippen LogP contribution in [0.3, 0.4) is 0 Å². The standard InChI is InChI=1S/C50H38F2N4S/c51-41-17-7-5-13-36(41)40-29-33-11-1-2-12-35(33)45(40)30-21-23-31(24-22-30)46-37-14-3-4-15-38(37)47(49-48(46)54-57-55-49)32-25-27-34(28-26-32)56-44-20-10-9-19-43(44)53-50(56)39-16-6-8-18-42(39)52/h3-10,13-17,19-21,23,25-29,42,45H,1-2,11-12,18,22,24H2. The van der Waals surface area contributed by atoms with Gasteiger partial charge in [0, 0.05) is 40.3 Å². The van der Waals surface area contributed by atoms with E-state index >= 15 is 8.78 Å². The predicted molar refractivity (Wildman–Crippen MR) is 230 cm³/mol. The molecule has 0 saturated heterocycles. The Balaban J connectivity index is 0.999. The third kappa shape index (κ3) is 5.62. The Hall–Kier alpha value is -6.05. The lowest BCUT2D eigenvalue weighted by Gasteiger charge is -2.28. The van der Waals surface area contributed by atoms with Crippen LogP contribution in [-0.4, -0.2) is 24.5 Å². The molecule has 57 heavy (non-hydrogen) atoms. The van der Waals surface area contributed by atoms with E-state index in [0.29, 0.717) is 17.8 Å². The van der Waals surface area contributed by atoms with Crippen molar-refractivity contribution < 1.29 is 8.78 Å². The highest BCUT2D eigenvalue weighted by Gasteiger charge is 2.34. The number of rotatable bonds is 6. The van der Waals surface area contributed by atoms with Crippen molar-refractivity contribution in [3.8, 4) is 16.8 Å². The van der Waals surface area contributed by atoms with Crippen LogP contribution in [0.1, 0.15) is 61.9 Å². The average Bonchev–Trinajstić information content (AvgIpc) is 3.99. The fourth-order valence-corrected chi connectivity index (χ4v) is 10.3. The number of hydrogen-bond acceptors (Lipinski definition) is 4. The van der Waals surface area contributed by atoms with Gasteiger partial charge in [0.05, 0.1) is 22.8 Å². The third-order valence-corrected chi connectivity index (χ3v) is 12.9. The summed E-state index contributed by atoms with van der Waals surface area (Å²) in [5.74, 6) is 0.609. The summed E-state index contributed by atoms with van der Waals surface area (Å²) < 4.78 is 42.6. The summed E-state index contributed by atoms with van der Waals surface area (Å²) in [6.07, 6.45) is 18.1. The van der Waals surface area contributed by atoms with Crippen molar-refractivity contribution in [2.45, 2.75) is 51.1 Å². The van der Waals surface area contributed by atoms with Crippen molar-refractivity contribution in [3.05, 3.63) is 173 Å². The Bertz CT molecular complexity index is 2970. The van der Waals surface area contributed by atoms with Crippen molar-refractivity contribution in [1.29, 1.82) is 0 Å². The summed E-state index contributed by atoms with van der Waals surface area (Å²) in [7, 11) is 0. The molecule has 4 nitrogen and oxygen atoms in total. The Labute approximate surface area is 333 Å². The third-order valence-electron chi connectivity index (χ3n) is 12.4. The van der Waals surface area contributed by atoms with Gasteiger partial charge in [-0.1, -0.05) is 114 Å². The summed E-state index contributed by atoms with van der Waals surface area (Å²) in [6.45, 7) is 0. The van der Waals surface area contributed by atoms with Crippen LogP contribution in [0.25, 0.3) is 66.4 Å². The van der Waals surface area contributed by atoms with E-state index in [-0.39, 0.29) is 11.7 Å². The van der Waals surface area contributed by atoms with Crippen molar-refractivity contribution >= 4 is 61.3 Å². The molecule has 7 aromatic rings. The largest absolute Gasteiger partial charge is 0.293 e. The van der Waals surface area contributed by atoms with Gasteiger partial charge in [-0.25, -0.2) is 13.8 Å². The number of aromatic nitrogens is 4. The number of fused-ring (bicyclic) bond motifs is 3. The topological polar surface area (TPSA) is 43.6 Å². The lowest BCUT2D eigenvalue weighted by atomic mass is 9.76. The molecule has 2 unspecified atom stereocenters. The van der Waals surface area contributed by atoms with Crippen LogP contribution >= 0.6 is 11.7 Å². The molecule has 4 aliphatic rings. The van der Waals surface area contributed by atoms with E-state index < -0.39 is 6.17 Å². The van der Waals surface area contributed by atoms with Gasteiger partial charge in [0.1, 0.15) is 28.8 Å². The molecule has 0 radical (unpaired) electrons. The second-order valence-corrected chi connectivity index (χ2v) is 16.0. The smallest absolute Gasteiger partial charge is 0.144 e. The van der Waals surface area contributed by atoms with Gasteiger partial charge >= 0.3 is 0 Å². The second kappa shape index (κ2) is 13.9. The summed E-state index contributed by atoms with van der Waals surface area (Å²) in [6, 6.07) is 32.3. The Morgan fingerprint density at radius 3 is 2.26 bits per heavy atom. The second-order valence-electron chi connectivity index (χ2n) is 15.5. The Kier molecular flexibility index (Phi) is 8.32. The molecule has 7 heteroatoms. The van der Waals surface area contributed by atoms with E-state index in [0.717, 1.165) is 92.0 Å². The SMILES string of the molecule is Fc1ccccc1C1=CC2=C(CCCC2)C1C1=CC=C(c2c3ccccc3c(-c3ccc(-n4c(C5=CC=CCC5F)nc5ccccc54)cc3)c3nsnc23)CC1. The van der Waals surface area contributed by atoms with E-state index in [1.54, 1.807) is 12.1 Å². The average molecular weight is 765 g/mol. The minimum absolute atomic E-state index is 0.129. The first-order chi connectivity index (χ1) is 28.1. The molecule has 2 heterocycles. The molecule has 0 saturated carbocycles. The first-order valence-corrected chi connectivity index (χ1v) is 20.7. The monoisotopic (exact) mass is 764 g/mol. The molecule has 4 aliphatic carbocycles. The molecule has 2 atom stereocenters. The molecule has 2 aromatic heterocycles. The van der Waals surface area contributed by atoms with E-state index in [9.17, 15) is 0 Å². The van der Waals surface area contributed by atoms with Gasteiger partial charge in [0.25, 0.3) is 0 Å². The van der Waals surface area contributed by atoms with E-state index in [4.69, 9.17) is 13.7 Å². The summed E-state index contributed by atoms with van der Waals surface area (Å²) in [4.78, 5) is 4.91. The maximum atomic E-state index is 15.3. The van der Waals surface area contributed by atoms with Crippen LogP contribution in [0, 0.1) is 11.7 Å².